The number of aliphatic carboxylic acids is 1. The number of fused-ring (bicyclic) bond motifs is 1. The highest BCUT2D eigenvalue weighted by Gasteiger charge is 2.12. The van der Waals surface area contributed by atoms with Gasteiger partial charge in [-0.25, -0.2) is 4.79 Å². The van der Waals surface area contributed by atoms with Crippen molar-refractivity contribution < 1.29 is 14.6 Å². The van der Waals surface area contributed by atoms with Crippen molar-refractivity contribution in [3.63, 3.8) is 0 Å². The average Bonchev–Trinajstić information content (AvgIpc) is 2.29. The third-order valence-corrected chi connectivity index (χ3v) is 2.36. The van der Waals surface area contributed by atoms with E-state index >= 15 is 0 Å². The minimum Gasteiger partial charge on any atom is -0.479 e. The number of carboxylic acids is 1. The lowest BCUT2D eigenvalue weighted by Crippen LogP contribution is -2.22. The topological polar surface area (TPSA) is 79.4 Å². The molecule has 1 atom stereocenters. The first kappa shape index (κ1) is 11.2. The van der Waals surface area contributed by atoms with Crippen molar-refractivity contribution >= 4 is 16.9 Å². The van der Waals surface area contributed by atoms with E-state index in [4.69, 9.17) is 9.84 Å². The molecule has 2 aromatic rings. The Balaban J connectivity index is 2.35. The normalized spacial score (nSPS) is 12.3. The van der Waals surface area contributed by atoms with Gasteiger partial charge in [-0.05, 0) is 31.2 Å². The van der Waals surface area contributed by atoms with Gasteiger partial charge < -0.3 is 14.8 Å². The van der Waals surface area contributed by atoms with Gasteiger partial charge in [0.05, 0.1) is 0 Å². The highest BCUT2D eigenvalue weighted by Crippen LogP contribution is 2.19. The molecule has 1 aromatic carbocycles. The second kappa shape index (κ2) is 4.29. The third-order valence-electron chi connectivity index (χ3n) is 2.36. The van der Waals surface area contributed by atoms with Gasteiger partial charge in [-0.1, -0.05) is 0 Å². The van der Waals surface area contributed by atoms with E-state index in [0.29, 0.717) is 11.3 Å². The number of pyridine rings is 1. The Bertz CT molecular complexity index is 617. The Hall–Kier alpha value is -2.30. The first-order chi connectivity index (χ1) is 8.06. The molecular weight excluding hydrogens is 222 g/mol. The molecule has 0 saturated carbocycles. The van der Waals surface area contributed by atoms with Crippen LogP contribution in [-0.2, 0) is 4.79 Å². The lowest BCUT2D eigenvalue weighted by molar-refractivity contribution is -0.144. The number of aromatic amines is 1. The molecule has 1 unspecified atom stereocenters. The SMILES string of the molecule is CC(Oc1ccc2[nH]c(=O)ccc2c1)C(=O)O. The highest BCUT2D eigenvalue weighted by molar-refractivity contribution is 5.80. The molecule has 0 aliphatic carbocycles. The van der Waals surface area contributed by atoms with Crippen LogP contribution in [-0.4, -0.2) is 22.2 Å². The van der Waals surface area contributed by atoms with Crippen LogP contribution in [0.25, 0.3) is 10.9 Å². The number of benzene rings is 1. The Labute approximate surface area is 96.7 Å². The molecule has 0 aliphatic heterocycles. The third kappa shape index (κ3) is 2.44. The number of hydrogen-bond acceptors (Lipinski definition) is 3. The molecule has 0 fully saturated rings. The number of H-pyrrole nitrogens is 1. The van der Waals surface area contributed by atoms with E-state index in [-0.39, 0.29) is 5.56 Å². The summed E-state index contributed by atoms with van der Waals surface area (Å²) < 4.78 is 5.22. The molecule has 2 rings (SSSR count). The van der Waals surface area contributed by atoms with Crippen molar-refractivity contribution in [1.82, 2.24) is 4.98 Å². The number of rotatable bonds is 3. The number of nitrogens with one attached hydrogen (secondary N) is 1. The summed E-state index contributed by atoms with van der Waals surface area (Å²) in [5, 5.41) is 9.51. The summed E-state index contributed by atoms with van der Waals surface area (Å²) in [6.07, 6.45) is -0.907. The zero-order valence-corrected chi connectivity index (χ0v) is 9.14. The fourth-order valence-corrected chi connectivity index (χ4v) is 1.46. The van der Waals surface area contributed by atoms with Gasteiger partial charge in [-0.3, -0.25) is 4.79 Å². The van der Waals surface area contributed by atoms with Crippen molar-refractivity contribution in [3.8, 4) is 5.75 Å². The van der Waals surface area contributed by atoms with Crippen LogP contribution in [0.4, 0.5) is 0 Å². The molecular formula is C12H11NO4. The molecule has 0 aliphatic rings. The van der Waals surface area contributed by atoms with Crippen LogP contribution in [0.1, 0.15) is 6.92 Å². The van der Waals surface area contributed by atoms with Crippen LogP contribution >= 0.6 is 0 Å². The van der Waals surface area contributed by atoms with Crippen molar-refractivity contribution in [2.45, 2.75) is 13.0 Å². The van der Waals surface area contributed by atoms with Crippen molar-refractivity contribution in [1.29, 1.82) is 0 Å². The standard InChI is InChI=1S/C12H11NO4/c1-7(12(15)16)17-9-3-4-10-8(6-9)2-5-11(14)13-10/h2-7H,1H3,(H,13,14)(H,15,16). The number of ether oxygens (including phenoxy) is 1. The molecule has 17 heavy (non-hydrogen) atoms. The zero-order valence-electron chi connectivity index (χ0n) is 9.14. The van der Waals surface area contributed by atoms with Crippen LogP contribution < -0.4 is 10.3 Å². The molecule has 2 N–H and O–H groups in total. The summed E-state index contributed by atoms with van der Waals surface area (Å²) in [6, 6.07) is 8.06. The largest absolute Gasteiger partial charge is 0.479 e. The van der Waals surface area contributed by atoms with Gasteiger partial charge in [0.1, 0.15) is 5.75 Å². The van der Waals surface area contributed by atoms with E-state index < -0.39 is 12.1 Å². The van der Waals surface area contributed by atoms with E-state index in [0.717, 1.165) is 5.39 Å². The van der Waals surface area contributed by atoms with E-state index in [2.05, 4.69) is 4.98 Å². The lowest BCUT2D eigenvalue weighted by atomic mass is 10.2. The molecule has 0 radical (unpaired) electrons. The van der Waals surface area contributed by atoms with Gasteiger partial charge in [0.25, 0.3) is 0 Å². The van der Waals surface area contributed by atoms with Crippen molar-refractivity contribution in [2.24, 2.45) is 0 Å². The molecule has 1 aromatic heterocycles. The fourth-order valence-electron chi connectivity index (χ4n) is 1.46. The fraction of sp³-hybridized carbons (Fsp3) is 0.167. The molecule has 0 amide bonds. The lowest BCUT2D eigenvalue weighted by Gasteiger charge is -2.10. The predicted molar refractivity (Wildman–Crippen MR) is 62.3 cm³/mol. The summed E-state index contributed by atoms with van der Waals surface area (Å²) >= 11 is 0. The van der Waals surface area contributed by atoms with Gasteiger partial charge in [0.15, 0.2) is 6.10 Å². The van der Waals surface area contributed by atoms with Gasteiger partial charge in [-0.15, -0.1) is 0 Å². The summed E-state index contributed by atoms with van der Waals surface area (Å²) in [6.45, 7) is 1.46. The minimum atomic E-state index is -1.02. The summed E-state index contributed by atoms with van der Waals surface area (Å²) in [7, 11) is 0. The van der Waals surface area contributed by atoms with Gasteiger partial charge in [-0.2, -0.15) is 0 Å². The molecule has 88 valence electrons. The summed E-state index contributed by atoms with van der Waals surface area (Å²) in [4.78, 5) is 24.4. The number of aromatic nitrogens is 1. The Morgan fingerprint density at radius 3 is 2.82 bits per heavy atom. The second-order valence-corrected chi connectivity index (χ2v) is 3.67. The van der Waals surface area contributed by atoms with Crippen LogP contribution in [0.3, 0.4) is 0 Å². The molecule has 0 spiro atoms. The van der Waals surface area contributed by atoms with E-state index in [9.17, 15) is 9.59 Å². The van der Waals surface area contributed by atoms with Crippen LogP contribution in [0.15, 0.2) is 35.1 Å². The molecule has 0 bridgehead atoms. The second-order valence-electron chi connectivity index (χ2n) is 3.67. The molecule has 0 saturated heterocycles. The van der Waals surface area contributed by atoms with Crippen LogP contribution in [0, 0.1) is 0 Å². The number of carbonyl (C=O) groups is 1. The monoisotopic (exact) mass is 233 g/mol. The van der Waals surface area contributed by atoms with E-state index in [1.54, 1.807) is 24.3 Å². The number of carboxylic acid groups (broad SMARTS) is 1. The van der Waals surface area contributed by atoms with E-state index in [1.165, 1.54) is 13.0 Å². The Kier molecular flexibility index (Phi) is 2.82. The molecule has 5 nitrogen and oxygen atoms in total. The van der Waals surface area contributed by atoms with Crippen molar-refractivity contribution in [2.75, 3.05) is 0 Å². The Morgan fingerprint density at radius 1 is 1.35 bits per heavy atom. The Morgan fingerprint density at radius 2 is 2.12 bits per heavy atom. The highest BCUT2D eigenvalue weighted by atomic mass is 16.5. The van der Waals surface area contributed by atoms with Crippen LogP contribution in [0.5, 0.6) is 5.75 Å². The zero-order chi connectivity index (χ0) is 12.4. The molecule has 5 heteroatoms. The van der Waals surface area contributed by atoms with Crippen LogP contribution in [0.2, 0.25) is 0 Å². The quantitative estimate of drug-likeness (QED) is 0.839. The summed E-state index contributed by atoms with van der Waals surface area (Å²) in [5.74, 6) is -0.564. The maximum absolute atomic E-state index is 11.1. The first-order valence-electron chi connectivity index (χ1n) is 5.09. The average molecular weight is 233 g/mol. The van der Waals surface area contributed by atoms with Gasteiger partial charge in [0.2, 0.25) is 5.56 Å². The summed E-state index contributed by atoms with van der Waals surface area (Å²) in [5.41, 5.74) is 0.512. The van der Waals surface area contributed by atoms with Crippen molar-refractivity contribution in [3.05, 3.63) is 40.7 Å². The van der Waals surface area contributed by atoms with E-state index in [1.807, 2.05) is 0 Å². The number of hydrogen-bond donors (Lipinski definition) is 2. The first-order valence-corrected chi connectivity index (χ1v) is 5.09. The smallest absolute Gasteiger partial charge is 0.344 e. The maximum atomic E-state index is 11.1. The van der Waals surface area contributed by atoms with Gasteiger partial charge >= 0.3 is 5.97 Å². The molecule has 1 heterocycles. The van der Waals surface area contributed by atoms with Gasteiger partial charge in [0, 0.05) is 17.0 Å². The maximum Gasteiger partial charge on any atom is 0.344 e. The predicted octanol–water partition coefficient (Wildman–Crippen LogP) is 1.38. The minimum absolute atomic E-state index is 0.176.